The number of rotatable bonds is 14. The van der Waals surface area contributed by atoms with E-state index in [4.69, 9.17) is 30.9 Å². The van der Waals surface area contributed by atoms with E-state index in [0.29, 0.717) is 33.0 Å². The lowest BCUT2D eigenvalue weighted by Crippen LogP contribution is -2.16. The van der Waals surface area contributed by atoms with Gasteiger partial charge in [-0.3, -0.25) is 0 Å². The largest absolute Gasteiger partial charge is 0.394 e. The van der Waals surface area contributed by atoms with Gasteiger partial charge in [-0.25, -0.2) is 0 Å². The maximum atomic E-state index is 8.48. The van der Waals surface area contributed by atoms with Gasteiger partial charge in [0.25, 0.3) is 0 Å². The van der Waals surface area contributed by atoms with Crippen molar-refractivity contribution in [2.45, 2.75) is 44.6 Å². The molecule has 0 radical (unpaired) electrons. The highest BCUT2D eigenvalue weighted by molar-refractivity contribution is 6.19. The van der Waals surface area contributed by atoms with Gasteiger partial charge in [-0.05, 0) is 6.42 Å². The molecule has 0 aliphatic rings. The van der Waals surface area contributed by atoms with Crippen molar-refractivity contribution in [3.05, 3.63) is 0 Å². The van der Waals surface area contributed by atoms with Gasteiger partial charge in [0.15, 0.2) is 5.56 Å². The van der Waals surface area contributed by atoms with Crippen LogP contribution in [-0.4, -0.2) is 50.3 Å². The van der Waals surface area contributed by atoms with Crippen LogP contribution in [0.4, 0.5) is 0 Å². The van der Waals surface area contributed by atoms with Gasteiger partial charge in [0.2, 0.25) is 0 Å². The average Bonchev–Trinajstić information content (AvgIpc) is 2.38. The molecular weight excluding hydrogens is 256 g/mol. The predicted molar refractivity (Wildman–Crippen MR) is 73.1 cm³/mol. The highest BCUT2D eigenvalue weighted by atomic mass is 35.5. The van der Waals surface area contributed by atoms with E-state index in [9.17, 15) is 0 Å². The molecule has 1 unspecified atom stereocenters. The van der Waals surface area contributed by atoms with Crippen molar-refractivity contribution in [3.8, 4) is 0 Å². The number of halogens is 1. The summed E-state index contributed by atoms with van der Waals surface area (Å²) in [7, 11) is 0. The molecule has 0 saturated heterocycles. The molecule has 0 bridgehead atoms. The minimum atomic E-state index is -0.381. The number of aliphatic hydroxyl groups is 1. The number of ether oxygens (including phenoxy) is 3. The van der Waals surface area contributed by atoms with Gasteiger partial charge in [0.05, 0.1) is 33.0 Å². The zero-order valence-electron chi connectivity index (χ0n) is 11.4. The first-order valence-electron chi connectivity index (χ1n) is 6.83. The van der Waals surface area contributed by atoms with E-state index in [1.54, 1.807) is 0 Å². The molecule has 110 valence electrons. The van der Waals surface area contributed by atoms with Crippen molar-refractivity contribution in [2.24, 2.45) is 0 Å². The summed E-state index contributed by atoms with van der Waals surface area (Å²) >= 11 is 5.93. The van der Waals surface area contributed by atoms with Crippen molar-refractivity contribution in [2.75, 3.05) is 39.6 Å². The number of hydrogen-bond acceptors (Lipinski definition) is 4. The fourth-order valence-corrected chi connectivity index (χ4v) is 1.60. The molecule has 0 aliphatic heterocycles. The Morgan fingerprint density at radius 1 is 0.944 bits per heavy atom. The van der Waals surface area contributed by atoms with Gasteiger partial charge < -0.3 is 19.3 Å². The minimum Gasteiger partial charge on any atom is -0.394 e. The summed E-state index contributed by atoms with van der Waals surface area (Å²) in [6, 6.07) is 0. The summed E-state index contributed by atoms with van der Waals surface area (Å²) in [6.07, 6.45) is 6.08. The fraction of sp³-hybridized carbons (Fsp3) is 1.00. The molecule has 1 N–H and O–H groups in total. The molecule has 0 aromatic rings. The molecule has 1 atom stereocenters. The van der Waals surface area contributed by atoms with Crippen LogP contribution in [-0.2, 0) is 14.2 Å². The zero-order chi connectivity index (χ0) is 13.5. The molecule has 0 rings (SSSR count). The van der Waals surface area contributed by atoms with E-state index in [1.165, 1.54) is 25.7 Å². The van der Waals surface area contributed by atoms with E-state index in [0.717, 1.165) is 6.42 Å². The number of unbranched alkanes of at least 4 members (excludes halogenated alkanes) is 4. The molecule has 0 aliphatic carbocycles. The van der Waals surface area contributed by atoms with Crippen molar-refractivity contribution < 1.29 is 19.3 Å². The predicted octanol–water partition coefficient (Wildman–Crippen LogP) is 2.56. The molecule has 18 heavy (non-hydrogen) atoms. The maximum absolute atomic E-state index is 8.48. The third-order valence-corrected chi connectivity index (χ3v) is 2.66. The van der Waals surface area contributed by atoms with Crippen LogP contribution in [0.25, 0.3) is 0 Å². The summed E-state index contributed by atoms with van der Waals surface area (Å²) in [6.45, 7) is 4.61. The molecular formula is C13H27ClO4. The normalized spacial score (nSPS) is 12.8. The number of alkyl halides is 1. The lowest BCUT2D eigenvalue weighted by Gasteiger charge is -2.11. The molecule has 4 nitrogen and oxygen atoms in total. The van der Waals surface area contributed by atoms with Crippen molar-refractivity contribution >= 4 is 11.6 Å². The molecule has 0 amide bonds. The van der Waals surface area contributed by atoms with E-state index >= 15 is 0 Å². The SMILES string of the molecule is CCCCCCCOC(Cl)COCCOCCO. The Bertz CT molecular complexity index is 142. The molecule has 0 aromatic carbocycles. The molecule has 0 heterocycles. The summed E-state index contributed by atoms with van der Waals surface area (Å²) in [5, 5.41) is 8.48. The first-order chi connectivity index (χ1) is 8.81. The monoisotopic (exact) mass is 282 g/mol. The maximum Gasteiger partial charge on any atom is 0.154 e. The zero-order valence-corrected chi connectivity index (χ0v) is 12.2. The van der Waals surface area contributed by atoms with Crippen LogP contribution in [0.1, 0.15) is 39.0 Å². The van der Waals surface area contributed by atoms with Crippen LogP contribution in [0.3, 0.4) is 0 Å². The van der Waals surface area contributed by atoms with Crippen LogP contribution in [0, 0.1) is 0 Å². The second-order valence-corrected chi connectivity index (χ2v) is 4.59. The third kappa shape index (κ3) is 14.2. The van der Waals surface area contributed by atoms with Crippen LogP contribution in [0.2, 0.25) is 0 Å². The molecule has 5 heteroatoms. The molecule has 0 spiro atoms. The Balaban J connectivity index is 3.10. The van der Waals surface area contributed by atoms with Crippen LogP contribution in [0.5, 0.6) is 0 Å². The van der Waals surface area contributed by atoms with Crippen LogP contribution in [0.15, 0.2) is 0 Å². The quantitative estimate of drug-likeness (QED) is 0.393. The van der Waals surface area contributed by atoms with Gasteiger partial charge >= 0.3 is 0 Å². The van der Waals surface area contributed by atoms with E-state index in [-0.39, 0.29) is 12.2 Å². The van der Waals surface area contributed by atoms with E-state index in [2.05, 4.69) is 6.92 Å². The summed E-state index contributed by atoms with van der Waals surface area (Å²) in [5.74, 6) is 0. The molecule has 0 fully saturated rings. The Morgan fingerprint density at radius 3 is 2.39 bits per heavy atom. The van der Waals surface area contributed by atoms with Crippen molar-refractivity contribution in [1.29, 1.82) is 0 Å². The Kier molecular flexibility index (Phi) is 15.3. The Hall–Kier alpha value is 0.130. The van der Waals surface area contributed by atoms with Gasteiger partial charge in [0.1, 0.15) is 0 Å². The highest BCUT2D eigenvalue weighted by Crippen LogP contribution is 2.05. The summed E-state index contributed by atoms with van der Waals surface area (Å²) in [5.41, 5.74) is -0.381. The smallest absolute Gasteiger partial charge is 0.154 e. The molecule has 0 saturated carbocycles. The minimum absolute atomic E-state index is 0.0409. The highest BCUT2D eigenvalue weighted by Gasteiger charge is 2.04. The first kappa shape index (κ1) is 18.1. The summed E-state index contributed by atoms with van der Waals surface area (Å²) in [4.78, 5) is 0. The average molecular weight is 283 g/mol. The van der Waals surface area contributed by atoms with E-state index in [1.807, 2.05) is 0 Å². The van der Waals surface area contributed by atoms with Crippen molar-refractivity contribution in [3.63, 3.8) is 0 Å². The van der Waals surface area contributed by atoms with Crippen molar-refractivity contribution in [1.82, 2.24) is 0 Å². The Morgan fingerprint density at radius 2 is 1.67 bits per heavy atom. The van der Waals surface area contributed by atoms with Gasteiger partial charge in [-0.15, -0.1) is 0 Å². The van der Waals surface area contributed by atoms with Gasteiger partial charge in [-0.2, -0.15) is 0 Å². The fourth-order valence-electron chi connectivity index (χ4n) is 1.43. The topological polar surface area (TPSA) is 47.9 Å². The second-order valence-electron chi connectivity index (χ2n) is 4.11. The van der Waals surface area contributed by atoms with Gasteiger partial charge in [-0.1, -0.05) is 44.2 Å². The van der Waals surface area contributed by atoms with Crippen LogP contribution < -0.4 is 0 Å². The number of hydrogen-bond donors (Lipinski definition) is 1. The van der Waals surface area contributed by atoms with Crippen LogP contribution >= 0.6 is 11.6 Å². The Labute approximate surface area is 116 Å². The van der Waals surface area contributed by atoms with E-state index < -0.39 is 0 Å². The third-order valence-electron chi connectivity index (χ3n) is 2.40. The molecule has 0 aromatic heterocycles. The van der Waals surface area contributed by atoms with Gasteiger partial charge in [0, 0.05) is 6.61 Å². The first-order valence-corrected chi connectivity index (χ1v) is 7.27. The standard InChI is InChI=1S/C13H27ClO4/c1-2-3-4-5-6-8-18-13(14)12-17-11-10-16-9-7-15/h13,15H,2-12H2,1H3. The lowest BCUT2D eigenvalue weighted by molar-refractivity contribution is -0.00544. The summed E-state index contributed by atoms with van der Waals surface area (Å²) < 4.78 is 15.7. The second kappa shape index (κ2) is 15.2. The number of aliphatic hydroxyl groups excluding tert-OH is 1. The lowest BCUT2D eigenvalue weighted by atomic mass is 10.2.